The molecule has 0 radical (unpaired) electrons. The minimum absolute atomic E-state index is 0.0431. The summed E-state index contributed by atoms with van der Waals surface area (Å²) < 4.78 is 57.7. The summed E-state index contributed by atoms with van der Waals surface area (Å²) in [7, 11) is 0. The monoisotopic (exact) mass is 378 g/mol. The number of ether oxygens (including phenoxy) is 1. The maximum atomic E-state index is 13.3. The zero-order valence-corrected chi connectivity index (χ0v) is 13.8. The minimum atomic E-state index is -4.73. The number of carboxylic acids is 1. The third-order valence-corrected chi connectivity index (χ3v) is 3.99. The first-order valence-corrected chi connectivity index (χ1v) is 7.91. The van der Waals surface area contributed by atoms with E-state index in [2.05, 4.69) is 5.32 Å². The summed E-state index contributed by atoms with van der Waals surface area (Å²) in [5.74, 6) is -6.05. The lowest BCUT2D eigenvalue weighted by molar-refractivity contribution is -0.187. The van der Waals surface area contributed by atoms with Crippen LogP contribution in [-0.2, 0) is 4.79 Å². The number of hydrogen-bond donors (Lipinski definition) is 2. The highest BCUT2D eigenvalue weighted by molar-refractivity contribution is 5.91. The van der Waals surface area contributed by atoms with Crippen LogP contribution in [0.15, 0.2) is 18.2 Å². The Morgan fingerprint density at radius 3 is 2.58 bits per heavy atom. The number of hydrogen-bond acceptors (Lipinski definition) is 3. The maximum absolute atomic E-state index is 13.3. The molecule has 1 aromatic carbocycles. The Hall–Kier alpha value is -2.52. The first-order chi connectivity index (χ1) is 12.1. The Kier molecular flexibility index (Phi) is 5.94. The van der Waals surface area contributed by atoms with Crippen molar-refractivity contribution >= 4 is 17.7 Å². The molecule has 2 N–H and O–H groups in total. The lowest BCUT2D eigenvalue weighted by Crippen LogP contribution is -2.35. The Morgan fingerprint density at radius 1 is 1.35 bits per heavy atom. The SMILES string of the molecule is CCCOc1cc(F)ccc1NC(=O)N1C[C@@H](C(F)(F)F)[C@H](C(=O)O)C1. The van der Waals surface area contributed by atoms with Crippen LogP contribution in [0.25, 0.3) is 0 Å². The Labute approximate surface area is 146 Å². The molecule has 26 heavy (non-hydrogen) atoms. The fourth-order valence-corrected chi connectivity index (χ4v) is 2.68. The van der Waals surface area contributed by atoms with E-state index >= 15 is 0 Å². The highest BCUT2D eigenvalue weighted by atomic mass is 19.4. The predicted octanol–water partition coefficient (Wildman–Crippen LogP) is 3.34. The van der Waals surface area contributed by atoms with E-state index in [0.29, 0.717) is 6.42 Å². The van der Waals surface area contributed by atoms with E-state index in [1.54, 1.807) is 0 Å². The van der Waals surface area contributed by atoms with Gasteiger partial charge in [0.25, 0.3) is 0 Å². The fourth-order valence-electron chi connectivity index (χ4n) is 2.68. The number of carboxylic acid groups (broad SMARTS) is 1. The Balaban J connectivity index is 2.14. The molecule has 0 bridgehead atoms. The topological polar surface area (TPSA) is 78.9 Å². The highest BCUT2D eigenvalue weighted by Crippen LogP contribution is 2.38. The van der Waals surface area contributed by atoms with Gasteiger partial charge in [0.2, 0.25) is 0 Å². The van der Waals surface area contributed by atoms with E-state index in [-0.39, 0.29) is 18.0 Å². The van der Waals surface area contributed by atoms with Crippen LogP contribution in [0.1, 0.15) is 13.3 Å². The zero-order chi connectivity index (χ0) is 19.5. The van der Waals surface area contributed by atoms with Gasteiger partial charge >= 0.3 is 18.2 Å². The number of alkyl halides is 3. The molecule has 0 unspecified atom stereocenters. The van der Waals surface area contributed by atoms with Crippen molar-refractivity contribution in [3.63, 3.8) is 0 Å². The van der Waals surface area contributed by atoms with Crippen LogP contribution in [-0.4, -0.2) is 47.9 Å². The number of carbonyl (C=O) groups excluding carboxylic acids is 1. The second-order valence-corrected chi connectivity index (χ2v) is 5.92. The van der Waals surface area contributed by atoms with Crippen LogP contribution in [0, 0.1) is 17.7 Å². The second kappa shape index (κ2) is 7.79. The van der Waals surface area contributed by atoms with Gasteiger partial charge in [-0.15, -0.1) is 0 Å². The fraction of sp³-hybridized carbons (Fsp3) is 0.500. The average molecular weight is 378 g/mol. The van der Waals surface area contributed by atoms with Gasteiger partial charge in [0.15, 0.2) is 0 Å². The largest absolute Gasteiger partial charge is 0.491 e. The van der Waals surface area contributed by atoms with Gasteiger partial charge in [0.1, 0.15) is 11.6 Å². The number of nitrogens with zero attached hydrogens (tertiary/aromatic N) is 1. The number of rotatable bonds is 5. The third kappa shape index (κ3) is 4.55. The van der Waals surface area contributed by atoms with Crippen LogP contribution in [0.2, 0.25) is 0 Å². The molecule has 1 heterocycles. The van der Waals surface area contributed by atoms with Gasteiger partial charge in [0, 0.05) is 19.2 Å². The molecule has 2 amide bonds. The number of amides is 2. The summed E-state index contributed by atoms with van der Waals surface area (Å²) in [6, 6.07) is 2.44. The van der Waals surface area contributed by atoms with Gasteiger partial charge in [-0.2, -0.15) is 13.2 Å². The average Bonchev–Trinajstić information content (AvgIpc) is 3.01. The van der Waals surface area contributed by atoms with Crippen LogP contribution >= 0.6 is 0 Å². The van der Waals surface area contributed by atoms with Crippen molar-refractivity contribution in [2.45, 2.75) is 19.5 Å². The van der Waals surface area contributed by atoms with Crippen molar-refractivity contribution in [3.8, 4) is 5.75 Å². The zero-order valence-electron chi connectivity index (χ0n) is 13.8. The first-order valence-electron chi connectivity index (χ1n) is 7.91. The van der Waals surface area contributed by atoms with Gasteiger partial charge in [-0.1, -0.05) is 6.92 Å². The van der Waals surface area contributed by atoms with Crippen molar-refractivity contribution < 1.29 is 37.0 Å². The smallest absolute Gasteiger partial charge is 0.394 e. The number of likely N-dealkylation sites (tertiary alicyclic amines) is 1. The molecule has 0 aliphatic carbocycles. The summed E-state index contributed by atoms with van der Waals surface area (Å²) >= 11 is 0. The lowest BCUT2D eigenvalue weighted by Gasteiger charge is -2.19. The minimum Gasteiger partial charge on any atom is -0.491 e. The number of benzene rings is 1. The number of nitrogens with one attached hydrogen (secondary N) is 1. The standard InChI is InChI=1S/C16H18F4N2O4/c1-2-5-26-13-6-9(17)3-4-12(13)21-15(25)22-7-10(14(23)24)11(8-22)16(18,19)20/h3-4,6,10-11H,2,5,7-8H2,1H3,(H,21,25)(H,23,24)/t10-,11-/m1/s1. The molecule has 10 heteroatoms. The van der Waals surface area contributed by atoms with Crippen LogP contribution in [0.5, 0.6) is 5.75 Å². The quantitative estimate of drug-likeness (QED) is 0.771. The number of aliphatic carboxylic acids is 1. The summed E-state index contributed by atoms with van der Waals surface area (Å²) in [5.41, 5.74) is 0.0900. The molecule has 1 aromatic rings. The number of halogens is 4. The van der Waals surface area contributed by atoms with Crippen molar-refractivity contribution in [1.82, 2.24) is 4.90 Å². The molecule has 144 valence electrons. The van der Waals surface area contributed by atoms with Crippen LogP contribution in [0.4, 0.5) is 28.0 Å². The molecule has 2 atom stereocenters. The second-order valence-electron chi connectivity index (χ2n) is 5.92. The van der Waals surface area contributed by atoms with Crippen molar-refractivity contribution in [2.24, 2.45) is 11.8 Å². The number of urea groups is 1. The molecule has 1 fully saturated rings. The molecule has 6 nitrogen and oxygen atoms in total. The van der Waals surface area contributed by atoms with Crippen molar-refractivity contribution in [1.29, 1.82) is 0 Å². The van der Waals surface area contributed by atoms with Gasteiger partial charge in [-0.05, 0) is 18.6 Å². The van der Waals surface area contributed by atoms with Gasteiger partial charge < -0.3 is 20.1 Å². The van der Waals surface area contributed by atoms with Crippen molar-refractivity contribution in [3.05, 3.63) is 24.0 Å². The van der Waals surface area contributed by atoms with E-state index in [1.165, 1.54) is 6.07 Å². The third-order valence-electron chi connectivity index (χ3n) is 3.99. The predicted molar refractivity (Wildman–Crippen MR) is 83.4 cm³/mol. The molecule has 1 aliphatic heterocycles. The summed E-state index contributed by atoms with van der Waals surface area (Å²) in [6.45, 7) is 0.745. The molecular formula is C16H18F4N2O4. The van der Waals surface area contributed by atoms with Gasteiger partial charge in [-0.3, -0.25) is 4.79 Å². The van der Waals surface area contributed by atoms with E-state index in [9.17, 15) is 27.2 Å². The highest BCUT2D eigenvalue weighted by Gasteiger charge is 2.53. The molecule has 2 rings (SSSR count). The Morgan fingerprint density at radius 2 is 2.04 bits per heavy atom. The van der Waals surface area contributed by atoms with E-state index < -0.39 is 48.9 Å². The lowest BCUT2D eigenvalue weighted by atomic mass is 9.96. The first kappa shape index (κ1) is 19.8. The van der Waals surface area contributed by atoms with Gasteiger partial charge in [0.05, 0.1) is 24.1 Å². The summed E-state index contributed by atoms with van der Waals surface area (Å²) in [5, 5.41) is 11.3. The summed E-state index contributed by atoms with van der Waals surface area (Å²) in [4.78, 5) is 24.1. The normalized spacial score (nSPS) is 20.1. The van der Waals surface area contributed by atoms with E-state index in [1.807, 2.05) is 6.92 Å². The Bertz CT molecular complexity index is 681. The van der Waals surface area contributed by atoms with Gasteiger partial charge in [-0.25, -0.2) is 9.18 Å². The molecular weight excluding hydrogens is 360 g/mol. The number of anilines is 1. The maximum Gasteiger partial charge on any atom is 0.394 e. The van der Waals surface area contributed by atoms with E-state index in [4.69, 9.17) is 9.84 Å². The molecule has 1 saturated heterocycles. The van der Waals surface area contributed by atoms with Crippen molar-refractivity contribution in [2.75, 3.05) is 25.0 Å². The summed E-state index contributed by atoms with van der Waals surface area (Å²) in [6.07, 6.45) is -4.10. The molecule has 1 aliphatic rings. The van der Waals surface area contributed by atoms with Crippen LogP contribution in [0.3, 0.4) is 0 Å². The molecule has 0 aromatic heterocycles. The van der Waals surface area contributed by atoms with Crippen LogP contribution < -0.4 is 10.1 Å². The molecule has 0 spiro atoms. The number of carbonyl (C=O) groups is 2. The van der Waals surface area contributed by atoms with E-state index in [0.717, 1.165) is 17.0 Å². The molecule has 0 saturated carbocycles.